The zero-order chi connectivity index (χ0) is 11.3. The van der Waals surface area contributed by atoms with Crippen LogP contribution < -0.4 is 10.6 Å². The molecule has 4 heteroatoms. The van der Waals surface area contributed by atoms with Gasteiger partial charge in [0.2, 0.25) is 0 Å². The molecule has 0 fully saturated rings. The molecule has 0 saturated heterocycles. The minimum absolute atomic E-state index is 0.0512. The second kappa shape index (κ2) is 5.46. The van der Waals surface area contributed by atoms with Crippen molar-refractivity contribution in [2.45, 2.75) is 26.4 Å². The molecule has 0 unspecified atom stereocenters. The molecule has 0 aliphatic heterocycles. The number of hydrogen-bond donors (Lipinski definition) is 2. The van der Waals surface area contributed by atoms with E-state index in [-0.39, 0.29) is 11.9 Å². The summed E-state index contributed by atoms with van der Waals surface area (Å²) in [4.78, 5) is 15.8. The van der Waals surface area contributed by atoms with Crippen molar-refractivity contribution in [2.75, 3.05) is 7.05 Å². The van der Waals surface area contributed by atoms with Gasteiger partial charge >= 0.3 is 0 Å². The van der Waals surface area contributed by atoms with Gasteiger partial charge in [0, 0.05) is 24.3 Å². The van der Waals surface area contributed by atoms with E-state index < -0.39 is 0 Å². The molecule has 1 amide bonds. The molecule has 0 aromatic carbocycles. The molecule has 0 aliphatic rings. The van der Waals surface area contributed by atoms with Gasteiger partial charge in [-0.25, -0.2) is 0 Å². The fraction of sp³-hybridized carbons (Fsp3) is 0.455. The van der Waals surface area contributed by atoms with Crippen LogP contribution in [-0.4, -0.2) is 24.0 Å². The van der Waals surface area contributed by atoms with Crippen LogP contribution in [0.1, 0.15) is 29.9 Å². The van der Waals surface area contributed by atoms with Gasteiger partial charge in [-0.1, -0.05) is 0 Å². The maximum Gasteiger partial charge on any atom is 0.251 e. The van der Waals surface area contributed by atoms with Crippen LogP contribution in [0.5, 0.6) is 0 Å². The summed E-state index contributed by atoms with van der Waals surface area (Å²) >= 11 is 0. The maximum atomic E-state index is 11.7. The lowest BCUT2D eigenvalue weighted by Gasteiger charge is -2.08. The average Bonchev–Trinajstić information content (AvgIpc) is 2.17. The highest BCUT2D eigenvalue weighted by atomic mass is 16.1. The summed E-state index contributed by atoms with van der Waals surface area (Å²) < 4.78 is 0. The Morgan fingerprint density at radius 2 is 2.27 bits per heavy atom. The monoisotopic (exact) mass is 207 g/mol. The summed E-state index contributed by atoms with van der Waals surface area (Å²) in [5.74, 6) is -0.0512. The second-order valence-corrected chi connectivity index (χ2v) is 3.69. The van der Waals surface area contributed by atoms with Crippen molar-refractivity contribution in [1.82, 2.24) is 15.6 Å². The Hall–Kier alpha value is -1.42. The number of nitrogens with zero attached hydrogens (tertiary/aromatic N) is 1. The summed E-state index contributed by atoms with van der Waals surface area (Å²) in [6.45, 7) is 4.55. The lowest BCUT2D eigenvalue weighted by atomic mass is 10.2. The number of aromatic nitrogens is 1. The molecule has 0 bridgehead atoms. The van der Waals surface area contributed by atoms with Crippen LogP contribution in [0.2, 0.25) is 0 Å². The minimum atomic E-state index is -0.0512. The SMILES string of the molecule is CNCc1cc(C(=O)NC(C)C)ccn1. The summed E-state index contributed by atoms with van der Waals surface area (Å²) in [6.07, 6.45) is 1.65. The first-order valence-electron chi connectivity index (χ1n) is 5.04. The van der Waals surface area contributed by atoms with E-state index in [0.29, 0.717) is 12.1 Å². The predicted molar refractivity (Wildman–Crippen MR) is 59.6 cm³/mol. The summed E-state index contributed by atoms with van der Waals surface area (Å²) in [5, 5.41) is 5.84. The Bertz CT molecular complexity index is 336. The predicted octanol–water partition coefficient (Wildman–Crippen LogP) is 0.939. The first-order valence-corrected chi connectivity index (χ1v) is 5.04. The molecular weight excluding hydrogens is 190 g/mol. The topological polar surface area (TPSA) is 54.0 Å². The highest BCUT2D eigenvalue weighted by Gasteiger charge is 2.07. The zero-order valence-corrected chi connectivity index (χ0v) is 9.37. The Kier molecular flexibility index (Phi) is 4.24. The number of hydrogen-bond acceptors (Lipinski definition) is 3. The Morgan fingerprint density at radius 3 is 2.87 bits per heavy atom. The molecule has 1 rings (SSSR count). The quantitative estimate of drug-likeness (QED) is 0.772. The van der Waals surface area contributed by atoms with E-state index in [1.807, 2.05) is 20.9 Å². The first-order chi connectivity index (χ1) is 7.13. The largest absolute Gasteiger partial charge is 0.350 e. The number of carbonyl (C=O) groups excluding carboxylic acids is 1. The molecule has 0 spiro atoms. The molecule has 82 valence electrons. The highest BCUT2D eigenvalue weighted by molar-refractivity contribution is 5.94. The van der Waals surface area contributed by atoms with Crippen molar-refractivity contribution in [3.63, 3.8) is 0 Å². The van der Waals surface area contributed by atoms with Crippen molar-refractivity contribution in [1.29, 1.82) is 0 Å². The van der Waals surface area contributed by atoms with Crippen molar-refractivity contribution in [3.05, 3.63) is 29.6 Å². The standard InChI is InChI=1S/C11H17N3O/c1-8(2)14-11(15)9-4-5-13-10(6-9)7-12-3/h4-6,8,12H,7H2,1-3H3,(H,14,15). The van der Waals surface area contributed by atoms with Crippen LogP contribution in [0.25, 0.3) is 0 Å². The van der Waals surface area contributed by atoms with Gasteiger partial charge < -0.3 is 10.6 Å². The first kappa shape index (κ1) is 11.7. The molecule has 1 heterocycles. The van der Waals surface area contributed by atoms with Crippen LogP contribution in [-0.2, 0) is 6.54 Å². The second-order valence-electron chi connectivity index (χ2n) is 3.69. The van der Waals surface area contributed by atoms with Gasteiger partial charge in [0.1, 0.15) is 0 Å². The van der Waals surface area contributed by atoms with E-state index in [1.165, 1.54) is 0 Å². The number of pyridine rings is 1. The van der Waals surface area contributed by atoms with Crippen molar-refractivity contribution >= 4 is 5.91 Å². The summed E-state index contributed by atoms with van der Waals surface area (Å²) in [5.41, 5.74) is 1.53. The third kappa shape index (κ3) is 3.67. The molecule has 1 aromatic heterocycles. The number of rotatable bonds is 4. The normalized spacial score (nSPS) is 10.4. The van der Waals surface area contributed by atoms with Gasteiger partial charge in [-0.2, -0.15) is 0 Å². The molecule has 0 aliphatic carbocycles. The van der Waals surface area contributed by atoms with Crippen LogP contribution in [0.4, 0.5) is 0 Å². The Balaban J connectivity index is 2.76. The van der Waals surface area contributed by atoms with Crippen LogP contribution in [0, 0.1) is 0 Å². The van der Waals surface area contributed by atoms with E-state index in [1.54, 1.807) is 18.3 Å². The summed E-state index contributed by atoms with van der Waals surface area (Å²) in [6, 6.07) is 3.67. The molecule has 0 radical (unpaired) electrons. The van der Waals surface area contributed by atoms with Gasteiger partial charge in [-0.3, -0.25) is 9.78 Å². The Labute approximate surface area is 90.1 Å². The Morgan fingerprint density at radius 1 is 1.53 bits per heavy atom. The van der Waals surface area contributed by atoms with Crippen molar-refractivity contribution in [2.24, 2.45) is 0 Å². The van der Waals surface area contributed by atoms with Gasteiger partial charge in [0.25, 0.3) is 5.91 Å². The smallest absolute Gasteiger partial charge is 0.251 e. The van der Waals surface area contributed by atoms with Crippen LogP contribution in [0.3, 0.4) is 0 Å². The maximum absolute atomic E-state index is 11.7. The highest BCUT2D eigenvalue weighted by Crippen LogP contribution is 2.02. The number of carbonyl (C=O) groups is 1. The van der Waals surface area contributed by atoms with E-state index >= 15 is 0 Å². The van der Waals surface area contributed by atoms with E-state index in [2.05, 4.69) is 15.6 Å². The molecule has 2 N–H and O–H groups in total. The molecular formula is C11H17N3O. The fourth-order valence-electron chi connectivity index (χ4n) is 1.24. The lowest BCUT2D eigenvalue weighted by Crippen LogP contribution is -2.30. The van der Waals surface area contributed by atoms with E-state index in [4.69, 9.17) is 0 Å². The fourth-order valence-corrected chi connectivity index (χ4v) is 1.24. The molecule has 1 aromatic rings. The molecule has 4 nitrogen and oxygen atoms in total. The van der Waals surface area contributed by atoms with Crippen LogP contribution in [0.15, 0.2) is 18.3 Å². The lowest BCUT2D eigenvalue weighted by molar-refractivity contribution is 0.0943. The zero-order valence-electron chi connectivity index (χ0n) is 9.37. The van der Waals surface area contributed by atoms with Gasteiger partial charge in [-0.15, -0.1) is 0 Å². The van der Waals surface area contributed by atoms with Gasteiger partial charge in [-0.05, 0) is 33.0 Å². The number of nitrogens with one attached hydrogen (secondary N) is 2. The minimum Gasteiger partial charge on any atom is -0.350 e. The van der Waals surface area contributed by atoms with E-state index in [0.717, 1.165) is 5.69 Å². The van der Waals surface area contributed by atoms with Crippen LogP contribution >= 0.6 is 0 Å². The van der Waals surface area contributed by atoms with Crippen molar-refractivity contribution < 1.29 is 4.79 Å². The number of amides is 1. The summed E-state index contributed by atoms with van der Waals surface area (Å²) in [7, 11) is 1.85. The molecule has 15 heavy (non-hydrogen) atoms. The van der Waals surface area contributed by atoms with E-state index in [9.17, 15) is 4.79 Å². The van der Waals surface area contributed by atoms with Gasteiger partial charge in [0.05, 0.1) is 5.69 Å². The average molecular weight is 207 g/mol. The third-order valence-corrected chi connectivity index (χ3v) is 1.86. The third-order valence-electron chi connectivity index (χ3n) is 1.86. The van der Waals surface area contributed by atoms with Gasteiger partial charge in [0.15, 0.2) is 0 Å². The van der Waals surface area contributed by atoms with Crippen molar-refractivity contribution in [3.8, 4) is 0 Å². The molecule has 0 saturated carbocycles. The molecule has 0 atom stereocenters.